The van der Waals surface area contributed by atoms with Gasteiger partial charge in [-0.15, -0.1) is 0 Å². The van der Waals surface area contributed by atoms with Crippen LogP contribution in [0.2, 0.25) is 0 Å². The number of halogens is 1. The summed E-state index contributed by atoms with van der Waals surface area (Å²) in [5, 5.41) is 0. The molecule has 1 aromatic rings. The van der Waals surface area contributed by atoms with E-state index in [2.05, 4.69) is 6.07 Å². The molecule has 0 N–H and O–H groups in total. The highest BCUT2D eigenvalue weighted by molar-refractivity contribution is 5.31. The zero-order valence-electron chi connectivity index (χ0n) is 8.11. The Morgan fingerprint density at radius 1 is 1.00 bits per heavy atom. The Morgan fingerprint density at radius 2 is 1.42 bits per heavy atom. The third-order valence-corrected chi connectivity index (χ3v) is 1.91. The van der Waals surface area contributed by atoms with Gasteiger partial charge in [0.25, 0.3) is 0 Å². The van der Waals surface area contributed by atoms with Gasteiger partial charge < -0.3 is 0 Å². The van der Waals surface area contributed by atoms with Crippen LogP contribution in [0, 0.1) is 13.8 Å². The van der Waals surface area contributed by atoms with Gasteiger partial charge in [-0.1, -0.05) is 29.3 Å². The standard InChI is InChI=1S/C11H15F/c1-8-5-9(2)7-10(6-8)11(3,4)12/h5-7H,1-4H3. The lowest BCUT2D eigenvalue weighted by Gasteiger charge is -2.15. The molecular formula is C11H15F. The van der Waals surface area contributed by atoms with Crippen LogP contribution in [-0.4, -0.2) is 0 Å². The summed E-state index contributed by atoms with van der Waals surface area (Å²) in [6.45, 7) is 7.15. The molecule has 1 heteroatoms. The molecule has 0 aromatic heterocycles. The van der Waals surface area contributed by atoms with Crippen molar-refractivity contribution in [3.05, 3.63) is 34.9 Å². The minimum atomic E-state index is -1.23. The van der Waals surface area contributed by atoms with Crippen molar-refractivity contribution < 1.29 is 4.39 Å². The summed E-state index contributed by atoms with van der Waals surface area (Å²) in [5.41, 5.74) is 1.78. The Balaban J connectivity index is 3.18. The zero-order chi connectivity index (χ0) is 9.35. The van der Waals surface area contributed by atoms with Gasteiger partial charge in [-0.2, -0.15) is 0 Å². The number of hydrogen-bond acceptors (Lipinski definition) is 0. The molecule has 0 saturated carbocycles. The Kier molecular flexibility index (Phi) is 2.22. The molecule has 0 unspecified atom stereocenters. The maximum atomic E-state index is 13.5. The fourth-order valence-electron chi connectivity index (χ4n) is 1.32. The highest BCUT2D eigenvalue weighted by Crippen LogP contribution is 2.25. The summed E-state index contributed by atoms with van der Waals surface area (Å²) in [5.74, 6) is 0. The van der Waals surface area contributed by atoms with Gasteiger partial charge in [0, 0.05) is 0 Å². The van der Waals surface area contributed by atoms with Gasteiger partial charge in [-0.05, 0) is 33.3 Å². The molecule has 12 heavy (non-hydrogen) atoms. The number of aryl methyl sites for hydroxylation is 2. The molecule has 66 valence electrons. The van der Waals surface area contributed by atoms with Crippen LogP contribution in [0.25, 0.3) is 0 Å². The lowest BCUT2D eigenvalue weighted by Crippen LogP contribution is -2.09. The van der Waals surface area contributed by atoms with Gasteiger partial charge in [-0.25, -0.2) is 4.39 Å². The fraction of sp³-hybridized carbons (Fsp3) is 0.455. The van der Waals surface area contributed by atoms with E-state index in [9.17, 15) is 4.39 Å². The quantitative estimate of drug-likeness (QED) is 0.599. The van der Waals surface area contributed by atoms with Crippen LogP contribution >= 0.6 is 0 Å². The van der Waals surface area contributed by atoms with Crippen LogP contribution in [0.3, 0.4) is 0 Å². The van der Waals surface area contributed by atoms with Crippen molar-refractivity contribution in [2.75, 3.05) is 0 Å². The van der Waals surface area contributed by atoms with Crippen LogP contribution in [0.5, 0.6) is 0 Å². The summed E-state index contributed by atoms with van der Waals surface area (Å²) in [7, 11) is 0. The SMILES string of the molecule is Cc1cc(C)cc(C(C)(C)F)c1. The second kappa shape index (κ2) is 2.89. The molecule has 0 aliphatic heterocycles. The zero-order valence-corrected chi connectivity index (χ0v) is 8.11. The predicted octanol–water partition coefficient (Wildman–Crippen LogP) is 3.51. The second-order valence-electron chi connectivity index (χ2n) is 3.85. The van der Waals surface area contributed by atoms with Crippen LogP contribution < -0.4 is 0 Å². The van der Waals surface area contributed by atoms with Gasteiger partial charge in [0.2, 0.25) is 0 Å². The van der Waals surface area contributed by atoms with E-state index in [1.807, 2.05) is 26.0 Å². The van der Waals surface area contributed by atoms with Crippen molar-refractivity contribution >= 4 is 0 Å². The monoisotopic (exact) mass is 166 g/mol. The van der Waals surface area contributed by atoms with Crippen molar-refractivity contribution in [2.45, 2.75) is 33.4 Å². The molecule has 0 atom stereocenters. The summed E-state index contributed by atoms with van der Waals surface area (Å²) in [6, 6.07) is 5.84. The molecule has 0 saturated heterocycles. The van der Waals surface area contributed by atoms with E-state index < -0.39 is 5.67 Å². The Morgan fingerprint density at radius 3 is 1.75 bits per heavy atom. The average molecular weight is 166 g/mol. The number of rotatable bonds is 1. The van der Waals surface area contributed by atoms with Crippen LogP contribution in [-0.2, 0) is 5.67 Å². The molecule has 1 rings (SSSR count). The Bertz CT molecular complexity index is 261. The minimum absolute atomic E-state index is 0.764. The van der Waals surface area contributed by atoms with Gasteiger partial charge in [0.15, 0.2) is 0 Å². The molecule has 0 bridgehead atoms. The molecule has 0 aliphatic rings. The molecule has 0 nitrogen and oxygen atoms in total. The van der Waals surface area contributed by atoms with Gasteiger partial charge in [0.1, 0.15) is 5.67 Å². The maximum Gasteiger partial charge on any atom is 0.130 e. The third kappa shape index (κ3) is 2.07. The van der Waals surface area contributed by atoms with E-state index in [-0.39, 0.29) is 0 Å². The van der Waals surface area contributed by atoms with Crippen molar-refractivity contribution in [1.82, 2.24) is 0 Å². The largest absolute Gasteiger partial charge is 0.239 e. The van der Waals surface area contributed by atoms with Crippen LogP contribution in [0.4, 0.5) is 4.39 Å². The fourth-order valence-corrected chi connectivity index (χ4v) is 1.32. The molecule has 0 amide bonds. The van der Waals surface area contributed by atoms with E-state index in [1.165, 1.54) is 0 Å². The van der Waals surface area contributed by atoms with Crippen LogP contribution in [0.1, 0.15) is 30.5 Å². The normalized spacial score (nSPS) is 11.8. The first kappa shape index (κ1) is 9.24. The van der Waals surface area contributed by atoms with Crippen molar-refractivity contribution in [3.8, 4) is 0 Å². The summed E-state index contributed by atoms with van der Waals surface area (Å²) < 4.78 is 13.5. The van der Waals surface area contributed by atoms with Gasteiger partial charge in [-0.3, -0.25) is 0 Å². The molecule has 1 aromatic carbocycles. The van der Waals surface area contributed by atoms with Crippen molar-refractivity contribution in [1.29, 1.82) is 0 Å². The summed E-state index contributed by atoms with van der Waals surface area (Å²) in [4.78, 5) is 0. The van der Waals surface area contributed by atoms with Crippen LogP contribution in [0.15, 0.2) is 18.2 Å². The molecule has 0 fully saturated rings. The highest BCUT2D eigenvalue weighted by atomic mass is 19.1. The Hall–Kier alpha value is -0.850. The maximum absolute atomic E-state index is 13.5. The van der Waals surface area contributed by atoms with Gasteiger partial charge in [0.05, 0.1) is 0 Å². The van der Waals surface area contributed by atoms with E-state index in [0.29, 0.717) is 0 Å². The van der Waals surface area contributed by atoms with Crippen molar-refractivity contribution in [2.24, 2.45) is 0 Å². The highest BCUT2D eigenvalue weighted by Gasteiger charge is 2.18. The lowest BCUT2D eigenvalue weighted by molar-refractivity contribution is 0.221. The number of alkyl halides is 1. The predicted molar refractivity (Wildman–Crippen MR) is 50.1 cm³/mol. The molecule has 0 heterocycles. The first-order chi connectivity index (χ1) is 5.39. The number of hydrogen-bond donors (Lipinski definition) is 0. The van der Waals surface area contributed by atoms with E-state index >= 15 is 0 Å². The third-order valence-electron chi connectivity index (χ3n) is 1.91. The molecule has 0 radical (unpaired) electrons. The minimum Gasteiger partial charge on any atom is -0.239 e. The summed E-state index contributed by atoms with van der Waals surface area (Å²) >= 11 is 0. The molecule has 0 aliphatic carbocycles. The molecule has 0 spiro atoms. The smallest absolute Gasteiger partial charge is 0.130 e. The molecular weight excluding hydrogens is 151 g/mol. The lowest BCUT2D eigenvalue weighted by atomic mass is 9.96. The van der Waals surface area contributed by atoms with E-state index in [1.54, 1.807) is 13.8 Å². The number of benzene rings is 1. The van der Waals surface area contributed by atoms with E-state index in [4.69, 9.17) is 0 Å². The van der Waals surface area contributed by atoms with Gasteiger partial charge >= 0.3 is 0 Å². The van der Waals surface area contributed by atoms with Crippen molar-refractivity contribution in [3.63, 3.8) is 0 Å². The first-order valence-corrected chi connectivity index (χ1v) is 4.17. The van der Waals surface area contributed by atoms with E-state index in [0.717, 1.165) is 16.7 Å². The average Bonchev–Trinajstić information content (AvgIpc) is 1.82. The topological polar surface area (TPSA) is 0 Å². The summed E-state index contributed by atoms with van der Waals surface area (Å²) in [6.07, 6.45) is 0. The Labute approximate surface area is 73.4 Å². The second-order valence-corrected chi connectivity index (χ2v) is 3.85. The first-order valence-electron chi connectivity index (χ1n) is 4.17.